The predicted octanol–water partition coefficient (Wildman–Crippen LogP) is 1.30. The molecule has 0 aliphatic rings. The van der Waals surface area contributed by atoms with Gasteiger partial charge in [0.25, 0.3) is 0 Å². The third kappa shape index (κ3) is 5.45. The molecule has 0 heterocycles. The fraction of sp³-hybridized carbons (Fsp3) is 0.385. The summed E-state index contributed by atoms with van der Waals surface area (Å²) in [5.74, 6) is -0.240. The Morgan fingerprint density at radius 3 is 2.44 bits per heavy atom. The lowest BCUT2D eigenvalue weighted by Crippen LogP contribution is -2.27. The summed E-state index contributed by atoms with van der Waals surface area (Å²) in [6, 6.07) is 7.30. The number of hydrogen-bond acceptors (Lipinski definition) is 3. The molecule has 0 saturated heterocycles. The van der Waals surface area contributed by atoms with Gasteiger partial charge in [-0.05, 0) is 24.6 Å². The van der Waals surface area contributed by atoms with Gasteiger partial charge in [0, 0.05) is 25.8 Å². The molecule has 0 radical (unpaired) electrons. The summed E-state index contributed by atoms with van der Waals surface area (Å²) >= 11 is 0. The van der Waals surface area contributed by atoms with Crippen molar-refractivity contribution >= 4 is 17.5 Å². The molecule has 18 heavy (non-hydrogen) atoms. The predicted molar refractivity (Wildman–Crippen MR) is 69.1 cm³/mol. The summed E-state index contributed by atoms with van der Waals surface area (Å²) in [7, 11) is 0. The number of rotatable bonds is 6. The molecule has 1 aromatic rings. The molecule has 1 aromatic carbocycles. The van der Waals surface area contributed by atoms with Gasteiger partial charge in [-0.3, -0.25) is 9.59 Å². The van der Waals surface area contributed by atoms with Gasteiger partial charge in [-0.25, -0.2) is 0 Å². The molecule has 0 bridgehead atoms. The molecule has 1 rings (SSSR count). The van der Waals surface area contributed by atoms with Crippen LogP contribution in [0.5, 0.6) is 0 Å². The van der Waals surface area contributed by atoms with Crippen LogP contribution in [-0.2, 0) is 20.9 Å². The maximum Gasteiger partial charge on any atom is 0.246 e. The molecule has 0 unspecified atom stereocenters. The van der Waals surface area contributed by atoms with Gasteiger partial charge < -0.3 is 15.4 Å². The molecule has 2 amide bonds. The molecular formula is C13H18N2O3. The zero-order valence-electron chi connectivity index (χ0n) is 10.7. The van der Waals surface area contributed by atoms with Crippen LogP contribution in [0.2, 0.25) is 0 Å². The summed E-state index contributed by atoms with van der Waals surface area (Å²) in [5, 5.41) is 5.42. The first-order valence-corrected chi connectivity index (χ1v) is 5.82. The van der Waals surface area contributed by atoms with Crippen LogP contribution in [0.3, 0.4) is 0 Å². The zero-order valence-corrected chi connectivity index (χ0v) is 10.7. The topological polar surface area (TPSA) is 67.4 Å². The number of nitrogens with one attached hydrogen (secondary N) is 2. The van der Waals surface area contributed by atoms with Gasteiger partial charge in [-0.1, -0.05) is 12.1 Å². The number of hydrogen-bond donors (Lipinski definition) is 2. The molecule has 5 nitrogen and oxygen atoms in total. The maximum atomic E-state index is 11.3. The van der Waals surface area contributed by atoms with Crippen LogP contribution < -0.4 is 10.6 Å². The average Bonchev–Trinajstić information content (AvgIpc) is 2.35. The molecule has 5 heteroatoms. The summed E-state index contributed by atoms with van der Waals surface area (Å²) in [6.07, 6.45) is 0. The van der Waals surface area contributed by atoms with Crippen molar-refractivity contribution in [3.8, 4) is 0 Å². The summed E-state index contributed by atoms with van der Waals surface area (Å²) in [5.41, 5.74) is 1.71. The Morgan fingerprint density at radius 1 is 1.22 bits per heavy atom. The minimum Gasteiger partial charge on any atom is -0.372 e. The Bertz CT molecular complexity index is 401. The second-order valence-electron chi connectivity index (χ2n) is 3.79. The van der Waals surface area contributed by atoms with Crippen molar-refractivity contribution in [1.82, 2.24) is 5.32 Å². The number of amides is 2. The number of carbonyl (C=O) groups excluding carboxylic acids is 2. The van der Waals surface area contributed by atoms with E-state index in [-0.39, 0.29) is 18.4 Å². The minimum absolute atomic E-state index is 0.0838. The van der Waals surface area contributed by atoms with E-state index in [2.05, 4.69) is 10.6 Å². The fourth-order valence-corrected chi connectivity index (χ4v) is 1.36. The lowest BCUT2D eigenvalue weighted by atomic mass is 10.2. The number of benzene rings is 1. The Balaban J connectivity index is 2.39. The van der Waals surface area contributed by atoms with E-state index in [0.29, 0.717) is 13.2 Å². The molecule has 0 saturated carbocycles. The Kier molecular flexibility index (Phi) is 5.87. The lowest BCUT2D eigenvalue weighted by Gasteiger charge is -2.06. The van der Waals surface area contributed by atoms with Crippen LogP contribution in [0.25, 0.3) is 0 Å². The highest BCUT2D eigenvalue weighted by molar-refractivity contribution is 5.88. The molecule has 0 aliphatic carbocycles. The third-order valence-corrected chi connectivity index (χ3v) is 2.20. The van der Waals surface area contributed by atoms with Crippen LogP contribution in [0.4, 0.5) is 5.69 Å². The van der Waals surface area contributed by atoms with Crippen LogP contribution in [0.15, 0.2) is 24.3 Å². The van der Waals surface area contributed by atoms with Crippen LogP contribution in [-0.4, -0.2) is 25.0 Å². The van der Waals surface area contributed by atoms with E-state index in [0.717, 1.165) is 11.3 Å². The normalized spacial score (nSPS) is 9.89. The van der Waals surface area contributed by atoms with Crippen molar-refractivity contribution in [3.05, 3.63) is 29.8 Å². The van der Waals surface area contributed by atoms with Crippen LogP contribution in [0, 0.1) is 0 Å². The highest BCUT2D eigenvalue weighted by Crippen LogP contribution is 2.09. The summed E-state index contributed by atoms with van der Waals surface area (Å²) < 4.78 is 4.99. The van der Waals surface area contributed by atoms with E-state index in [1.54, 1.807) is 12.1 Å². The molecule has 0 fully saturated rings. The first-order chi connectivity index (χ1) is 8.61. The number of carbonyl (C=O) groups is 2. The van der Waals surface area contributed by atoms with Crippen molar-refractivity contribution < 1.29 is 14.3 Å². The SMILES string of the molecule is CCOCC(=O)NCc1ccc(NC(C)=O)cc1. The van der Waals surface area contributed by atoms with E-state index < -0.39 is 0 Å². The molecule has 0 atom stereocenters. The first-order valence-electron chi connectivity index (χ1n) is 5.82. The van der Waals surface area contributed by atoms with E-state index in [1.165, 1.54) is 6.92 Å². The minimum atomic E-state index is -0.136. The van der Waals surface area contributed by atoms with Crippen molar-refractivity contribution in [2.75, 3.05) is 18.5 Å². The van der Waals surface area contributed by atoms with Gasteiger partial charge >= 0.3 is 0 Å². The summed E-state index contributed by atoms with van der Waals surface area (Å²) in [4.78, 5) is 22.1. The highest BCUT2D eigenvalue weighted by Gasteiger charge is 2.01. The van der Waals surface area contributed by atoms with E-state index in [4.69, 9.17) is 4.74 Å². The van der Waals surface area contributed by atoms with Crippen molar-refractivity contribution in [1.29, 1.82) is 0 Å². The molecular weight excluding hydrogens is 232 g/mol. The second-order valence-corrected chi connectivity index (χ2v) is 3.79. The van der Waals surface area contributed by atoms with Crippen LogP contribution in [0.1, 0.15) is 19.4 Å². The van der Waals surface area contributed by atoms with E-state index >= 15 is 0 Å². The van der Waals surface area contributed by atoms with Crippen molar-refractivity contribution in [3.63, 3.8) is 0 Å². The number of ether oxygens (including phenoxy) is 1. The highest BCUT2D eigenvalue weighted by atomic mass is 16.5. The zero-order chi connectivity index (χ0) is 13.4. The molecule has 0 spiro atoms. The Hall–Kier alpha value is -1.88. The first kappa shape index (κ1) is 14.2. The van der Waals surface area contributed by atoms with Gasteiger partial charge in [0.15, 0.2) is 0 Å². The van der Waals surface area contributed by atoms with Gasteiger partial charge in [0.05, 0.1) is 0 Å². The van der Waals surface area contributed by atoms with Gasteiger partial charge in [-0.2, -0.15) is 0 Å². The lowest BCUT2D eigenvalue weighted by molar-refractivity contribution is -0.125. The van der Waals surface area contributed by atoms with Gasteiger partial charge in [-0.15, -0.1) is 0 Å². The van der Waals surface area contributed by atoms with E-state index in [1.807, 2.05) is 19.1 Å². The summed E-state index contributed by atoms with van der Waals surface area (Å²) in [6.45, 7) is 4.36. The maximum absolute atomic E-state index is 11.3. The van der Waals surface area contributed by atoms with Crippen molar-refractivity contribution in [2.24, 2.45) is 0 Å². The largest absolute Gasteiger partial charge is 0.372 e. The quantitative estimate of drug-likeness (QED) is 0.799. The standard InChI is InChI=1S/C13H18N2O3/c1-3-18-9-13(17)14-8-11-4-6-12(7-5-11)15-10(2)16/h4-7H,3,8-9H2,1-2H3,(H,14,17)(H,15,16). The average molecular weight is 250 g/mol. The van der Waals surface area contributed by atoms with E-state index in [9.17, 15) is 9.59 Å². The second kappa shape index (κ2) is 7.45. The molecule has 98 valence electrons. The third-order valence-electron chi connectivity index (χ3n) is 2.20. The number of anilines is 1. The molecule has 0 aromatic heterocycles. The van der Waals surface area contributed by atoms with Gasteiger partial charge in [0.1, 0.15) is 6.61 Å². The van der Waals surface area contributed by atoms with Crippen LogP contribution >= 0.6 is 0 Å². The monoisotopic (exact) mass is 250 g/mol. The smallest absolute Gasteiger partial charge is 0.246 e. The van der Waals surface area contributed by atoms with Crippen molar-refractivity contribution in [2.45, 2.75) is 20.4 Å². The Morgan fingerprint density at radius 2 is 1.89 bits per heavy atom. The van der Waals surface area contributed by atoms with Gasteiger partial charge in [0.2, 0.25) is 11.8 Å². The fourth-order valence-electron chi connectivity index (χ4n) is 1.36. The Labute approximate surface area is 107 Å². The molecule has 0 aliphatic heterocycles. The molecule has 2 N–H and O–H groups in total.